The highest BCUT2D eigenvalue weighted by Crippen LogP contribution is 1.98. The van der Waals surface area contributed by atoms with Gasteiger partial charge < -0.3 is 10.6 Å². The van der Waals surface area contributed by atoms with Gasteiger partial charge in [0.05, 0.1) is 12.3 Å². The van der Waals surface area contributed by atoms with Gasteiger partial charge in [-0.3, -0.25) is 4.99 Å². The van der Waals surface area contributed by atoms with Gasteiger partial charge in [0.25, 0.3) is 0 Å². The molecule has 0 saturated carbocycles. The number of benzene rings is 1. The molecule has 8 heteroatoms. The van der Waals surface area contributed by atoms with Crippen LogP contribution in [0.4, 0.5) is 0 Å². The van der Waals surface area contributed by atoms with E-state index in [2.05, 4.69) is 26.9 Å². The van der Waals surface area contributed by atoms with Crippen LogP contribution in [0.2, 0.25) is 0 Å². The van der Waals surface area contributed by atoms with Gasteiger partial charge in [-0.05, 0) is 12.5 Å². The van der Waals surface area contributed by atoms with Crippen molar-refractivity contribution in [2.75, 3.05) is 25.4 Å². The van der Waals surface area contributed by atoms with Crippen LogP contribution < -0.4 is 15.4 Å². The van der Waals surface area contributed by atoms with Gasteiger partial charge >= 0.3 is 0 Å². The average molecular weight is 452 g/mol. The average Bonchev–Trinajstić information content (AvgIpc) is 2.51. The summed E-state index contributed by atoms with van der Waals surface area (Å²) >= 11 is 0. The molecular weight excluding hydrogens is 427 g/mol. The molecule has 130 valence electrons. The van der Waals surface area contributed by atoms with E-state index in [1.165, 1.54) is 0 Å². The third kappa shape index (κ3) is 10.3. The largest absolute Gasteiger partial charge is 0.357 e. The molecule has 0 amide bonds. The predicted octanol–water partition coefficient (Wildman–Crippen LogP) is 1.47. The number of sulfonamides is 1. The summed E-state index contributed by atoms with van der Waals surface area (Å²) in [6, 6.07) is 9.40. The number of hydrogen-bond donors (Lipinski definition) is 3. The molecule has 0 spiro atoms. The van der Waals surface area contributed by atoms with E-state index in [1.807, 2.05) is 37.3 Å². The number of nitrogens with one attached hydrogen (secondary N) is 3. The first-order chi connectivity index (χ1) is 10.6. The zero-order valence-corrected chi connectivity index (χ0v) is 16.4. The zero-order chi connectivity index (χ0) is 16.3. The molecule has 0 unspecified atom stereocenters. The summed E-state index contributed by atoms with van der Waals surface area (Å²) < 4.78 is 26.4. The van der Waals surface area contributed by atoms with Crippen LogP contribution in [0.3, 0.4) is 0 Å². The minimum atomic E-state index is -3.34. The molecule has 0 aliphatic heterocycles. The first-order valence-electron chi connectivity index (χ1n) is 7.21. The first-order valence-corrected chi connectivity index (χ1v) is 8.87. The monoisotopic (exact) mass is 452 g/mol. The number of rotatable bonds is 9. The van der Waals surface area contributed by atoms with Crippen molar-refractivity contribution in [1.29, 1.82) is 0 Å². The maximum absolute atomic E-state index is 11.9. The van der Waals surface area contributed by atoms with Crippen molar-refractivity contribution in [3.05, 3.63) is 48.6 Å². The minimum Gasteiger partial charge on any atom is -0.357 e. The molecule has 23 heavy (non-hydrogen) atoms. The number of aliphatic imine (C=N–C) groups is 1. The van der Waals surface area contributed by atoms with E-state index >= 15 is 0 Å². The van der Waals surface area contributed by atoms with Crippen molar-refractivity contribution in [2.45, 2.75) is 13.5 Å². The van der Waals surface area contributed by atoms with Crippen molar-refractivity contribution in [3.8, 4) is 0 Å². The van der Waals surface area contributed by atoms with Crippen LogP contribution in [0.1, 0.15) is 12.5 Å². The van der Waals surface area contributed by atoms with Crippen LogP contribution in [0.25, 0.3) is 0 Å². The molecule has 0 aliphatic rings. The summed E-state index contributed by atoms with van der Waals surface area (Å²) in [7, 11) is -3.34. The smallest absolute Gasteiger partial charge is 0.213 e. The lowest BCUT2D eigenvalue weighted by molar-refractivity contribution is 0.581. The quantitative estimate of drug-likeness (QED) is 0.229. The lowest BCUT2D eigenvalue weighted by atomic mass is 10.2. The van der Waals surface area contributed by atoms with Crippen molar-refractivity contribution >= 4 is 40.0 Å². The summed E-state index contributed by atoms with van der Waals surface area (Å²) in [6.07, 6.45) is 1.71. The first kappa shape index (κ1) is 21.9. The molecular formula is C15H25IN4O2S. The summed E-state index contributed by atoms with van der Waals surface area (Å²) in [5.74, 6) is 0.533. The Morgan fingerprint density at radius 2 is 1.96 bits per heavy atom. The van der Waals surface area contributed by atoms with Gasteiger partial charge in [-0.15, -0.1) is 30.6 Å². The zero-order valence-electron chi connectivity index (χ0n) is 13.3. The van der Waals surface area contributed by atoms with E-state index < -0.39 is 10.0 Å². The Bertz CT molecular complexity index is 576. The molecule has 0 radical (unpaired) electrons. The van der Waals surface area contributed by atoms with E-state index in [-0.39, 0.29) is 36.3 Å². The van der Waals surface area contributed by atoms with Gasteiger partial charge in [-0.1, -0.05) is 36.4 Å². The molecule has 0 aliphatic carbocycles. The predicted molar refractivity (Wildman–Crippen MR) is 107 cm³/mol. The van der Waals surface area contributed by atoms with Gasteiger partial charge in [0.2, 0.25) is 10.0 Å². The second kappa shape index (κ2) is 12.3. The molecule has 0 atom stereocenters. The van der Waals surface area contributed by atoms with Crippen LogP contribution in [0.5, 0.6) is 0 Å². The lowest BCUT2D eigenvalue weighted by Crippen LogP contribution is -2.38. The molecule has 0 aromatic heterocycles. The number of halogens is 1. The normalized spacial score (nSPS) is 11.4. The molecule has 0 bridgehead atoms. The maximum atomic E-state index is 11.9. The molecule has 0 heterocycles. The summed E-state index contributed by atoms with van der Waals surface area (Å²) in [4.78, 5) is 4.22. The molecule has 1 aromatic carbocycles. The Morgan fingerprint density at radius 3 is 2.57 bits per heavy atom. The molecule has 0 saturated heterocycles. The van der Waals surface area contributed by atoms with Crippen molar-refractivity contribution in [1.82, 2.24) is 15.4 Å². The van der Waals surface area contributed by atoms with Crippen molar-refractivity contribution in [2.24, 2.45) is 4.99 Å². The Balaban J connectivity index is 0.00000484. The SMILES string of the molecule is C=CCNC(=NCCS(=O)(=O)NCc1ccccc1)NCC.I. The van der Waals surface area contributed by atoms with Gasteiger partial charge in [0.1, 0.15) is 0 Å². The third-order valence-electron chi connectivity index (χ3n) is 2.73. The Hall–Kier alpha value is -1.13. The number of hydrogen-bond acceptors (Lipinski definition) is 3. The van der Waals surface area contributed by atoms with Crippen molar-refractivity contribution < 1.29 is 8.42 Å². The lowest BCUT2D eigenvalue weighted by Gasteiger charge is -2.10. The van der Waals surface area contributed by atoms with Crippen LogP contribution in [0, 0.1) is 0 Å². The highest BCUT2D eigenvalue weighted by molar-refractivity contribution is 14.0. The molecule has 0 fully saturated rings. The summed E-state index contributed by atoms with van der Waals surface area (Å²) in [5.41, 5.74) is 0.926. The van der Waals surface area contributed by atoms with Gasteiger partial charge in [0.15, 0.2) is 5.96 Å². The van der Waals surface area contributed by atoms with Crippen molar-refractivity contribution in [3.63, 3.8) is 0 Å². The van der Waals surface area contributed by atoms with Crippen LogP contribution in [-0.2, 0) is 16.6 Å². The fraction of sp³-hybridized carbons (Fsp3) is 0.400. The van der Waals surface area contributed by atoms with Crippen LogP contribution in [-0.4, -0.2) is 39.8 Å². The second-order valence-corrected chi connectivity index (χ2v) is 6.48. The fourth-order valence-corrected chi connectivity index (χ4v) is 2.51. The Kier molecular flexibility index (Phi) is 11.7. The molecule has 1 aromatic rings. The summed E-state index contributed by atoms with van der Waals surface area (Å²) in [5, 5.41) is 6.06. The fourth-order valence-electron chi connectivity index (χ4n) is 1.65. The van der Waals surface area contributed by atoms with Gasteiger partial charge in [-0.25, -0.2) is 13.1 Å². The van der Waals surface area contributed by atoms with E-state index in [9.17, 15) is 8.42 Å². The molecule has 3 N–H and O–H groups in total. The maximum Gasteiger partial charge on any atom is 0.213 e. The highest BCUT2D eigenvalue weighted by Gasteiger charge is 2.09. The molecule has 1 rings (SSSR count). The number of nitrogens with zero attached hydrogens (tertiary/aromatic N) is 1. The second-order valence-electron chi connectivity index (χ2n) is 4.56. The van der Waals surface area contributed by atoms with E-state index in [0.717, 1.165) is 5.56 Å². The standard InChI is InChI=1S/C15H24N4O2S.HI/c1-3-10-17-15(16-4-2)18-11-12-22(20,21)19-13-14-8-6-5-7-9-14;/h3,5-9,19H,1,4,10-13H2,2H3,(H2,16,17,18);1H. The minimum absolute atomic E-state index is 0. The third-order valence-corrected chi connectivity index (χ3v) is 4.03. The van der Waals surface area contributed by atoms with E-state index in [4.69, 9.17) is 0 Å². The van der Waals surface area contributed by atoms with Gasteiger partial charge in [0, 0.05) is 19.6 Å². The van der Waals surface area contributed by atoms with E-state index in [0.29, 0.717) is 25.6 Å². The molecule has 6 nitrogen and oxygen atoms in total. The van der Waals surface area contributed by atoms with E-state index in [1.54, 1.807) is 6.08 Å². The number of guanidine groups is 1. The summed E-state index contributed by atoms with van der Waals surface area (Å²) in [6.45, 7) is 7.33. The van der Waals surface area contributed by atoms with Crippen LogP contribution >= 0.6 is 24.0 Å². The Labute approximate surface area is 155 Å². The Morgan fingerprint density at radius 1 is 1.26 bits per heavy atom. The topological polar surface area (TPSA) is 82.6 Å². The van der Waals surface area contributed by atoms with Gasteiger partial charge in [-0.2, -0.15) is 0 Å². The van der Waals surface area contributed by atoms with Crippen LogP contribution in [0.15, 0.2) is 48.0 Å². The highest BCUT2D eigenvalue weighted by atomic mass is 127.